The highest BCUT2D eigenvalue weighted by molar-refractivity contribution is 5.84. The molecule has 0 amide bonds. The number of methoxy groups -OCH3 is 1. The molecule has 0 aromatic carbocycles. The normalized spacial score (nSPS) is 10.6. The number of carbonyl (C=O) groups is 1. The van der Waals surface area contributed by atoms with Gasteiger partial charge in [0, 0.05) is 6.54 Å². The molecule has 1 heterocycles. The summed E-state index contributed by atoms with van der Waals surface area (Å²) in [4.78, 5) is 15.1. The molecule has 0 saturated heterocycles. The molecule has 0 bridgehead atoms. The summed E-state index contributed by atoms with van der Waals surface area (Å²) in [5, 5.41) is 4.07. The van der Waals surface area contributed by atoms with E-state index in [2.05, 4.69) is 21.7 Å². The number of unbranched alkanes of at least 4 members (excludes halogenated alkanes) is 7. The van der Waals surface area contributed by atoms with Crippen molar-refractivity contribution in [3.63, 3.8) is 0 Å². The molecule has 1 aromatic rings. The third-order valence-corrected chi connectivity index (χ3v) is 3.15. The summed E-state index contributed by atoms with van der Waals surface area (Å²) in [5.74, 6) is -0.336. The Balaban J connectivity index is 2.06. The van der Waals surface area contributed by atoms with Crippen LogP contribution in [0.3, 0.4) is 0 Å². The van der Waals surface area contributed by atoms with E-state index in [4.69, 9.17) is 0 Å². The van der Waals surface area contributed by atoms with Gasteiger partial charge in [0.15, 0.2) is 0 Å². The van der Waals surface area contributed by atoms with Crippen LogP contribution < -0.4 is 0 Å². The van der Waals surface area contributed by atoms with Crippen LogP contribution in [0.5, 0.6) is 0 Å². The van der Waals surface area contributed by atoms with Crippen LogP contribution in [0.1, 0.15) is 68.9 Å². The Morgan fingerprint density at radius 2 is 1.79 bits per heavy atom. The standard InChI is InChI=1S/C14H25N3O2/c1-3-4-5-6-7-8-9-10-11-17-12-15-13(16-17)14(18)19-2/h12H,3-11H2,1-2H3. The average molecular weight is 267 g/mol. The second-order valence-electron chi connectivity index (χ2n) is 4.80. The minimum absolute atomic E-state index is 0.141. The Kier molecular flexibility index (Phi) is 7.86. The van der Waals surface area contributed by atoms with E-state index in [1.165, 1.54) is 52.1 Å². The molecule has 0 spiro atoms. The van der Waals surface area contributed by atoms with Crippen LogP contribution in [0.4, 0.5) is 0 Å². The number of esters is 1. The molecule has 1 aromatic heterocycles. The fourth-order valence-corrected chi connectivity index (χ4v) is 1.99. The van der Waals surface area contributed by atoms with Crippen molar-refractivity contribution >= 4 is 5.97 Å². The molecule has 0 aliphatic carbocycles. The number of nitrogens with zero attached hydrogens (tertiary/aromatic N) is 3. The zero-order chi connectivity index (χ0) is 13.9. The third-order valence-electron chi connectivity index (χ3n) is 3.15. The summed E-state index contributed by atoms with van der Waals surface area (Å²) in [7, 11) is 1.33. The molecule has 1 rings (SSSR count). The zero-order valence-corrected chi connectivity index (χ0v) is 12.1. The van der Waals surface area contributed by atoms with Crippen molar-refractivity contribution in [3.05, 3.63) is 12.2 Å². The van der Waals surface area contributed by atoms with Gasteiger partial charge in [0.25, 0.3) is 5.82 Å². The molecule has 108 valence electrons. The van der Waals surface area contributed by atoms with Gasteiger partial charge in [-0.05, 0) is 6.42 Å². The Morgan fingerprint density at radius 3 is 2.42 bits per heavy atom. The minimum atomic E-state index is -0.477. The van der Waals surface area contributed by atoms with Crippen LogP contribution in [-0.2, 0) is 11.3 Å². The second-order valence-corrected chi connectivity index (χ2v) is 4.80. The van der Waals surface area contributed by atoms with E-state index in [-0.39, 0.29) is 5.82 Å². The molecule has 0 unspecified atom stereocenters. The fourth-order valence-electron chi connectivity index (χ4n) is 1.99. The second kappa shape index (κ2) is 9.53. The number of hydrogen-bond donors (Lipinski definition) is 0. The lowest BCUT2D eigenvalue weighted by Gasteiger charge is -2.01. The van der Waals surface area contributed by atoms with E-state index >= 15 is 0 Å². The lowest BCUT2D eigenvalue weighted by Crippen LogP contribution is -2.06. The third kappa shape index (κ3) is 6.36. The number of hydrogen-bond acceptors (Lipinski definition) is 4. The molecule has 0 saturated carbocycles. The first-order valence-corrected chi connectivity index (χ1v) is 7.25. The Morgan fingerprint density at radius 1 is 1.16 bits per heavy atom. The summed E-state index contributed by atoms with van der Waals surface area (Å²) in [6.07, 6.45) is 11.9. The summed E-state index contributed by atoms with van der Waals surface area (Å²) in [5.41, 5.74) is 0. The van der Waals surface area contributed by atoms with Gasteiger partial charge in [0.2, 0.25) is 0 Å². The molecule has 5 heteroatoms. The molecule has 0 aliphatic rings. The van der Waals surface area contributed by atoms with Crippen LogP contribution >= 0.6 is 0 Å². The van der Waals surface area contributed by atoms with Gasteiger partial charge in [-0.25, -0.2) is 9.78 Å². The largest absolute Gasteiger partial charge is 0.463 e. The summed E-state index contributed by atoms with van der Waals surface area (Å²) < 4.78 is 6.27. The van der Waals surface area contributed by atoms with Crippen molar-refractivity contribution in [3.8, 4) is 0 Å². The SMILES string of the molecule is CCCCCCCCCCn1cnc(C(=O)OC)n1. The molecule has 5 nitrogen and oxygen atoms in total. The number of ether oxygens (including phenoxy) is 1. The average Bonchev–Trinajstić information content (AvgIpc) is 2.89. The first-order valence-electron chi connectivity index (χ1n) is 7.25. The molecule has 0 fully saturated rings. The van der Waals surface area contributed by atoms with E-state index in [1.807, 2.05) is 0 Å². The predicted molar refractivity (Wildman–Crippen MR) is 74.0 cm³/mol. The molecule has 0 radical (unpaired) electrons. The highest BCUT2D eigenvalue weighted by Crippen LogP contribution is 2.08. The van der Waals surface area contributed by atoms with Gasteiger partial charge < -0.3 is 4.74 Å². The Bertz CT molecular complexity index is 363. The monoisotopic (exact) mass is 267 g/mol. The maximum Gasteiger partial charge on any atom is 0.377 e. The summed E-state index contributed by atoms with van der Waals surface area (Å²) in [6.45, 7) is 3.06. The van der Waals surface area contributed by atoms with Crippen LogP contribution in [0.2, 0.25) is 0 Å². The smallest absolute Gasteiger partial charge is 0.377 e. The number of rotatable bonds is 10. The van der Waals surface area contributed by atoms with Crippen LogP contribution in [-0.4, -0.2) is 27.8 Å². The molecular weight excluding hydrogens is 242 g/mol. The fraction of sp³-hybridized carbons (Fsp3) is 0.786. The number of aryl methyl sites for hydroxylation is 1. The maximum absolute atomic E-state index is 11.2. The highest BCUT2D eigenvalue weighted by atomic mass is 16.5. The van der Waals surface area contributed by atoms with Crippen LogP contribution in [0, 0.1) is 0 Å². The van der Waals surface area contributed by atoms with E-state index in [0.717, 1.165) is 13.0 Å². The molecule has 0 N–H and O–H groups in total. The van der Waals surface area contributed by atoms with Crippen molar-refractivity contribution < 1.29 is 9.53 Å². The number of carbonyl (C=O) groups excluding carboxylic acids is 1. The van der Waals surface area contributed by atoms with Gasteiger partial charge in [-0.15, -0.1) is 5.10 Å². The van der Waals surface area contributed by atoms with Gasteiger partial charge in [-0.3, -0.25) is 4.68 Å². The van der Waals surface area contributed by atoms with Gasteiger partial charge >= 0.3 is 5.97 Å². The van der Waals surface area contributed by atoms with Crippen molar-refractivity contribution in [2.75, 3.05) is 7.11 Å². The first kappa shape index (κ1) is 15.7. The minimum Gasteiger partial charge on any atom is -0.463 e. The highest BCUT2D eigenvalue weighted by Gasteiger charge is 2.10. The zero-order valence-electron chi connectivity index (χ0n) is 12.1. The quantitative estimate of drug-likeness (QED) is 0.482. The first-order chi connectivity index (χ1) is 9.27. The van der Waals surface area contributed by atoms with Gasteiger partial charge in [0.1, 0.15) is 6.33 Å². The van der Waals surface area contributed by atoms with Crippen LogP contribution in [0.25, 0.3) is 0 Å². The van der Waals surface area contributed by atoms with Gasteiger partial charge in [0.05, 0.1) is 7.11 Å². The lowest BCUT2D eigenvalue weighted by molar-refractivity contribution is 0.0586. The topological polar surface area (TPSA) is 57.0 Å². The van der Waals surface area contributed by atoms with Crippen molar-refractivity contribution in [2.45, 2.75) is 64.8 Å². The van der Waals surface area contributed by atoms with Crippen molar-refractivity contribution in [2.24, 2.45) is 0 Å². The maximum atomic E-state index is 11.2. The molecular formula is C14H25N3O2. The van der Waals surface area contributed by atoms with Crippen molar-refractivity contribution in [1.82, 2.24) is 14.8 Å². The van der Waals surface area contributed by atoms with E-state index in [1.54, 1.807) is 11.0 Å². The molecule has 0 atom stereocenters. The number of aromatic nitrogens is 3. The van der Waals surface area contributed by atoms with E-state index < -0.39 is 5.97 Å². The van der Waals surface area contributed by atoms with E-state index in [0.29, 0.717) is 0 Å². The van der Waals surface area contributed by atoms with Crippen LogP contribution in [0.15, 0.2) is 6.33 Å². The summed E-state index contributed by atoms with van der Waals surface area (Å²) >= 11 is 0. The summed E-state index contributed by atoms with van der Waals surface area (Å²) in [6, 6.07) is 0. The van der Waals surface area contributed by atoms with Gasteiger partial charge in [-0.2, -0.15) is 0 Å². The lowest BCUT2D eigenvalue weighted by atomic mass is 10.1. The predicted octanol–water partition coefficient (Wildman–Crippen LogP) is 3.21. The van der Waals surface area contributed by atoms with E-state index in [9.17, 15) is 4.79 Å². The van der Waals surface area contributed by atoms with Crippen molar-refractivity contribution in [1.29, 1.82) is 0 Å². The molecule has 19 heavy (non-hydrogen) atoms. The Hall–Kier alpha value is -1.39. The molecule has 0 aliphatic heterocycles. The van der Waals surface area contributed by atoms with Gasteiger partial charge in [-0.1, -0.05) is 51.9 Å². The Labute approximate surface area is 115 Å².